The van der Waals surface area contributed by atoms with Gasteiger partial charge in [-0.05, 0) is 251 Å². The highest BCUT2D eigenvalue weighted by Crippen LogP contribution is 3.01. The van der Waals surface area contributed by atoms with Crippen molar-refractivity contribution in [2.24, 2.45) is 225 Å². The zero-order chi connectivity index (χ0) is 24.8. The molecule has 20 aliphatic carbocycles. The quantitative estimate of drug-likeness (QED) is 0.314. The summed E-state index contributed by atoms with van der Waals surface area (Å²) in [7, 11) is 0. The van der Waals surface area contributed by atoms with Crippen molar-refractivity contribution in [1.29, 1.82) is 0 Å². The maximum atomic E-state index is 1.66. The zero-order valence-corrected chi connectivity index (χ0v) is 24.8. The van der Waals surface area contributed by atoms with Crippen molar-refractivity contribution >= 4 is 0 Å². The summed E-state index contributed by atoms with van der Waals surface area (Å²) in [4.78, 5) is 0. The van der Waals surface area contributed by atoms with Crippen LogP contribution in [0.15, 0.2) is 0 Å². The molecular weight excluding hydrogens is 504 g/mol. The van der Waals surface area contributed by atoms with Gasteiger partial charge in [-0.2, -0.15) is 0 Å². The van der Waals surface area contributed by atoms with E-state index in [1.165, 1.54) is 225 Å². The highest BCUT2D eigenvalue weighted by Gasteiger charge is 2.98. The van der Waals surface area contributed by atoms with E-state index < -0.39 is 0 Å². The summed E-state index contributed by atoms with van der Waals surface area (Å²) in [6.45, 7) is 0. The lowest BCUT2D eigenvalue weighted by Crippen LogP contribution is -2.98. The number of hydrogen-bond acceptors (Lipinski definition) is 0. The lowest BCUT2D eigenvalue weighted by atomic mass is 9.03. The van der Waals surface area contributed by atoms with E-state index in [0.717, 1.165) is 0 Å². The van der Waals surface area contributed by atoms with Crippen molar-refractivity contribution in [3.05, 3.63) is 0 Å². The Balaban J connectivity index is 0.593. The Kier molecular flexibility index (Phi) is 2.13. The average Bonchev–Trinajstić information content (AvgIpc) is 2.90. The molecule has 0 nitrogen and oxygen atoms in total. The second kappa shape index (κ2) is 4.71. The number of fused-ring (bicyclic) bond motifs is 55. The van der Waals surface area contributed by atoms with Gasteiger partial charge in [0.15, 0.2) is 0 Å². The van der Waals surface area contributed by atoms with Crippen LogP contribution in [0.1, 0.15) is 25.7 Å². The lowest BCUT2D eigenvalue weighted by molar-refractivity contribution is -0.544. The van der Waals surface area contributed by atoms with Crippen molar-refractivity contribution < 1.29 is 0 Å². The predicted molar refractivity (Wildman–Crippen MR) is 151 cm³/mol. The first-order valence-corrected chi connectivity index (χ1v) is 21.0. The third kappa shape index (κ3) is 1.15. The normalized spacial score (nSPS) is 100. The van der Waals surface area contributed by atoms with Gasteiger partial charge in [-0.1, -0.05) is 0 Å². The van der Waals surface area contributed by atoms with Crippen LogP contribution in [-0.2, 0) is 0 Å². The molecule has 0 spiro atoms. The predicted octanol–water partition coefficient (Wildman–Crippen LogP) is 6.23. The molecule has 0 aromatic carbocycles. The van der Waals surface area contributed by atoms with Crippen molar-refractivity contribution in [1.82, 2.24) is 0 Å². The third-order valence-electron chi connectivity index (χ3n) is 26.5. The second-order valence-corrected chi connectivity index (χ2v) is 23.4. The molecule has 0 N–H and O–H groups in total. The summed E-state index contributed by atoms with van der Waals surface area (Å²) >= 11 is 0. The molecule has 0 saturated heterocycles. The van der Waals surface area contributed by atoms with Crippen LogP contribution in [0.25, 0.3) is 0 Å². The van der Waals surface area contributed by atoms with Gasteiger partial charge in [0.05, 0.1) is 0 Å². The first-order chi connectivity index (χ1) is 21.0. The smallest absolute Gasteiger partial charge is 0.0312 e. The Hall–Kier alpha value is 0. The van der Waals surface area contributed by atoms with Crippen LogP contribution in [-0.4, -0.2) is 0 Å². The minimum absolute atomic E-state index is 1.27. The second-order valence-electron chi connectivity index (χ2n) is 23.4. The Morgan fingerprint density at radius 2 is 0.214 bits per heavy atom. The summed E-state index contributed by atoms with van der Waals surface area (Å²) in [5.41, 5.74) is 0. The van der Waals surface area contributed by atoms with Crippen molar-refractivity contribution in [3.8, 4) is 0 Å². The first kappa shape index (κ1) is 19.0. The van der Waals surface area contributed by atoms with Crippen LogP contribution in [0.5, 0.6) is 0 Å². The molecule has 36 atom stereocenters. The summed E-state index contributed by atoms with van der Waals surface area (Å²) in [6.07, 6.45) is 6.63. The van der Waals surface area contributed by atoms with E-state index in [-0.39, 0.29) is 0 Å². The summed E-state index contributed by atoms with van der Waals surface area (Å²) in [6, 6.07) is 0. The van der Waals surface area contributed by atoms with Crippen LogP contribution >= 0.6 is 0 Å². The van der Waals surface area contributed by atoms with Crippen molar-refractivity contribution in [2.45, 2.75) is 25.7 Å². The molecular formula is C42H46. The van der Waals surface area contributed by atoms with Crippen LogP contribution in [0.2, 0.25) is 0 Å². The minimum Gasteiger partial charge on any atom is -0.0496 e. The third-order valence-corrected chi connectivity index (χ3v) is 26.5. The highest BCUT2D eigenvalue weighted by atomic mass is 15.0. The Morgan fingerprint density at radius 3 is 0.310 bits per heavy atom. The highest BCUT2D eigenvalue weighted by molar-refractivity contribution is 5.45. The molecule has 20 rings (SSSR count). The van der Waals surface area contributed by atoms with E-state index >= 15 is 0 Å². The molecule has 0 heterocycles. The molecule has 0 heteroatoms. The van der Waals surface area contributed by atoms with Gasteiger partial charge in [0.25, 0.3) is 0 Å². The maximum Gasteiger partial charge on any atom is -0.0312 e. The molecule has 42 heavy (non-hydrogen) atoms. The molecule has 0 radical (unpaired) electrons. The van der Waals surface area contributed by atoms with E-state index in [9.17, 15) is 0 Å². The fourth-order valence-corrected chi connectivity index (χ4v) is 26.8. The summed E-state index contributed by atoms with van der Waals surface area (Å²) < 4.78 is 0. The molecule has 0 aromatic heterocycles. The van der Waals surface area contributed by atoms with Gasteiger partial charge in [-0.25, -0.2) is 0 Å². The average molecular weight is 551 g/mol. The fraction of sp³-hybridized carbons (Fsp3) is 1.00. The lowest BCUT2D eigenvalue weighted by Gasteiger charge is -3.01. The van der Waals surface area contributed by atoms with E-state index in [0.29, 0.717) is 0 Å². The molecule has 0 aliphatic heterocycles. The molecule has 0 amide bonds. The Bertz CT molecular complexity index is 1390. The van der Waals surface area contributed by atoms with Crippen LogP contribution < -0.4 is 0 Å². The molecule has 20 fully saturated rings. The van der Waals surface area contributed by atoms with Gasteiger partial charge >= 0.3 is 0 Å². The zero-order valence-electron chi connectivity index (χ0n) is 24.8. The van der Waals surface area contributed by atoms with Gasteiger partial charge in [-0.3, -0.25) is 0 Å². The summed E-state index contributed by atoms with van der Waals surface area (Å²) in [5, 5.41) is 0. The van der Waals surface area contributed by atoms with Gasteiger partial charge in [0.2, 0.25) is 0 Å². The molecule has 0 bridgehead atoms. The topological polar surface area (TPSA) is 0 Å². The molecule has 20 aliphatic rings. The van der Waals surface area contributed by atoms with Gasteiger partial charge in [0, 0.05) is 0 Å². The maximum absolute atomic E-state index is 1.66. The van der Waals surface area contributed by atoms with E-state index in [1.807, 2.05) is 0 Å². The Morgan fingerprint density at radius 1 is 0.119 bits per heavy atom. The van der Waals surface area contributed by atoms with Crippen LogP contribution in [0.3, 0.4) is 0 Å². The van der Waals surface area contributed by atoms with Gasteiger partial charge < -0.3 is 0 Å². The van der Waals surface area contributed by atoms with Gasteiger partial charge in [0.1, 0.15) is 0 Å². The SMILES string of the molecule is C1CC2C1C1C2C2C1C1C2C2C1C1C2C2C1C1C2C2C1C1C3C4C5C6C7C8C9C%10C%11CCC%11C%10C9C8C7C6C5C4C3C21. The molecule has 36 unspecified atom stereocenters. The largest absolute Gasteiger partial charge is 0.0496 e. The monoisotopic (exact) mass is 550 g/mol. The Labute approximate surface area is 250 Å². The minimum atomic E-state index is 1.27. The van der Waals surface area contributed by atoms with E-state index in [1.54, 1.807) is 25.7 Å². The van der Waals surface area contributed by atoms with Crippen LogP contribution in [0, 0.1) is 225 Å². The fourth-order valence-electron chi connectivity index (χ4n) is 26.8. The number of hydrogen-bond donors (Lipinski definition) is 0. The van der Waals surface area contributed by atoms with E-state index in [4.69, 9.17) is 0 Å². The van der Waals surface area contributed by atoms with Gasteiger partial charge in [-0.15, -0.1) is 0 Å². The molecule has 0 aromatic rings. The number of rotatable bonds is 0. The van der Waals surface area contributed by atoms with Crippen LogP contribution in [0.4, 0.5) is 0 Å². The first-order valence-electron chi connectivity index (χ1n) is 21.0. The van der Waals surface area contributed by atoms with E-state index in [2.05, 4.69) is 0 Å². The standard InChI is InChI=1S/C42H46/c1-2-6-5(1)9-10(6)14-13(9)17-18(14)22-21(17)25-26(22)30-29(25)33-34(30)38-37(33)41-39-35-31-27-23-19-15-11-7-3-4-8(7)12(11)16(15)20(19)24(23)28(27)32(31)36(35)40(39)42(38)41/h5-42H,1-4H2. The summed E-state index contributed by atoms with van der Waals surface area (Å²) in [5.74, 6) is 50.0. The molecule has 20 saturated carbocycles. The van der Waals surface area contributed by atoms with Crippen molar-refractivity contribution in [2.75, 3.05) is 0 Å². The molecule has 214 valence electrons. The van der Waals surface area contributed by atoms with Crippen molar-refractivity contribution in [3.63, 3.8) is 0 Å².